The average Bonchev–Trinajstić information content (AvgIpc) is 2.77. The molecule has 0 bridgehead atoms. The van der Waals surface area contributed by atoms with Crippen LogP contribution in [0, 0.1) is 29.4 Å². The van der Waals surface area contributed by atoms with Crippen LogP contribution in [0.1, 0.15) is 19.8 Å². The predicted molar refractivity (Wildman–Crippen MR) is 68.0 cm³/mol. The number of carbonyl (C=O) groups excluding carboxylic acids is 1. The summed E-state index contributed by atoms with van der Waals surface area (Å²) in [6.07, 6.45) is 0.846. The number of carbonyl (C=O) groups is 2. The van der Waals surface area contributed by atoms with Crippen LogP contribution in [-0.2, 0) is 9.59 Å². The number of amides is 1. The topological polar surface area (TPSA) is 66.4 Å². The van der Waals surface area contributed by atoms with Crippen LogP contribution in [0.4, 0.5) is 14.5 Å². The van der Waals surface area contributed by atoms with Gasteiger partial charge in [-0.25, -0.2) is 8.78 Å². The standard InChI is InChI=1S/C14H15F2NO3/c1-7-5-8(9(6-7)14(19)20)13(18)17-11-4-2-3-10(15)12(11)16/h2-4,7-9H,5-6H2,1H3,(H,17,18)(H,19,20)/t7?,8-,9+/m0/s1. The Labute approximate surface area is 114 Å². The van der Waals surface area contributed by atoms with Crippen LogP contribution in [0.3, 0.4) is 0 Å². The number of anilines is 1. The highest BCUT2D eigenvalue weighted by atomic mass is 19.2. The maximum absolute atomic E-state index is 13.5. The lowest BCUT2D eigenvalue weighted by Gasteiger charge is -2.15. The van der Waals surface area contributed by atoms with Crippen LogP contribution in [-0.4, -0.2) is 17.0 Å². The molecule has 0 heterocycles. The Morgan fingerprint density at radius 2 is 1.90 bits per heavy atom. The zero-order chi connectivity index (χ0) is 14.9. The van der Waals surface area contributed by atoms with Gasteiger partial charge in [0.05, 0.1) is 17.5 Å². The van der Waals surface area contributed by atoms with Gasteiger partial charge in [0.1, 0.15) is 0 Å². The highest BCUT2D eigenvalue weighted by Crippen LogP contribution is 2.37. The molecule has 1 aliphatic rings. The van der Waals surface area contributed by atoms with Crippen LogP contribution >= 0.6 is 0 Å². The molecular formula is C14H15F2NO3. The highest BCUT2D eigenvalue weighted by molar-refractivity contribution is 5.95. The zero-order valence-corrected chi connectivity index (χ0v) is 10.9. The van der Waals surface area contributed by atoms with Gasteiger partial charge in [0, 0.05) is 0 Å². The van der Waals surface area contributed by atoms with Crippen molar-refractivity contribution in [2.45, 2.75) is 19.8 Å². The fourth-order valence-electron chi connectivity index (χ4n) is 2.68. The molecule has 108 valence electrons. The van der Waals surface area contributed by atoms with Crippen molar-refractivity contribution in [3.8, 4) is 0 Å². The molecule has 0 spiro atoms. The first kappa shape index (κ1) is 14.4. The second kappa shape index (κ2) is 5.56. The van der Waals surface area contributed by atoms with E-state index >= 15 is 0 Å². The first-order valence-electron chi connectivity index (χ1n) is 6.37. The molecule has 2 rings (SSSR count). The quantitative estimate of drug-likeness (QED) is 0.896. The molecule has 1 amide bonds. The van der Waals surface area contributed by atoms with Gasteiger partial charge in [-0.05, 0) is 30.9 Å². The summed E-state index contributed by atoms with van der Waals surface area (Å²) in [5.74, 6) is -5.19. The molecule has 2 N–H and O–H groups in total. The van der Waals surface area contributed by atoms with Gasteiger partial charge in [0.25, 0.3) is 0 Å². The van der Waals surface area contributed by atoms with Crippen molar-refractivity contribution < 1.29 is 23.5 Å². The summed E-state index contributed by atoms with van der Waals surface area (Å²) in [7, 11) is 0. The lowest BCUT2D eigenvalue weighted by molar-refractivity contribution is -0.145. The van der Waals surface area contributed by atoms with E-state index in [1.165, 1.54) is 12.1 Å². The van der Waals surface area contributed by atoms with E-state index in [-0.39, 0.29) is 11.6 Å². The smallest absolute Gasteiger partial charge is 0.307 e. The third-order valence-electron chi connectivity index (χ3n) is 3.66. The van der Waals surface area contributed by atoms with Crippen LogP contribution in [0.5, 0.6) is 0 Å². The van der Waals surface area contributed by atoms with Gasteiger partial charge in [0.2, 0.25) is 5.91 Å². The molecule has 1 aromatic rings. The summed E-state index contributed by atoms with van der Waals surface area (Å²) >= 11 is 0. The van der Waals surface area contributed by atoms with E-state index in [4.69, 9.17) is 5.11 Å². The number of hydrogen-bond donors (Lipinski definition) is 2. The van der Waals surface area contributed by atoms with E-state index in [0.29, 0.717) is 12.8 Å². The molecule has 1 unspecified atom stereocenters. The molecule has 3 atom stereocenters. The molecule has 1 fully saturated rings. The molecule has 1 saturated carbocycles. The van der Waals surface area contributed by atoms with Gasteiger partial charge in [0.15, 0.2) is 11.6 Å². The highest BCUT2D eigenvalue weighted by Gasteiger charge is 2.41. The van der Waals surface area contributed by atoms with E-state index in [9.17, 15) is 18.4 Å². The fraction of sp³-hybridized carbons (Fsp3) is 0.429. The third kappa shape index (κ3) is 2.79. The molecule has 0 saturated heterocycles. The van der Waals surface area contributed by atoms with Crippen LogP contribution in [0.25, 0.3) is 0 Å². The van der Waals surface area contributed by atoms with Crippen molar-refractivity contribution in [1.82, 2.24) is 0 Å². The van der Waals surface area contributed by atoms with Crippen LogP contribution in [0.15, 0.2) is 18.2 Å². The summed E-state index contributed by atoms with van der Waals surface area (Å²) in [6.45, 7) is 1.87. The van der Waals surface area contributed by atoms with E-state index in [1.54, 1.807) is 0 Å². The largest absolute Gasteiger partial charge is 0.481 e. The molecule has 1 aromatic carbocycles. The molecule has 0 radical (unpaired) electrons. The Kier molecular flexibility index (Phi) is 4.01. The van der Waals surface area contributed by atoms with Crippen molar-refractivity contribution >= 4 is 17.6 Å². The number of carboxylic acids is 1. The minimum Gasteiger partial charge on any atom is -0.481 e. The maximum atomic E-state index is 13.5. The lowest BCUT2D eigenvalue weighted by Crippen LogP contribution is -2.30. The Morgan fingerprint density at radius 1 is 1.25 bits per heavy atom. The number of benzene rings is 1. The molecule has 0 aromatic heterocycles. The maximum Gasteiger partial charge on any atom is 0.307 e. The number of carboxylic acid groups (broad SMARTS) is 1. The molecule has 1 aliphatic carbocycles. The number of rotatable bonds is 3. The van der Waals surface area contributed by atoms with Gasteiger partial charge in [-0.3, -0.25) is 9.59 Å². The van der Waals surface area contributed by atoms with Gasteiger partial charge in [-0.2, -0.15) is 0 Å². The first-order chi connectivity index (χ1) is 9.40. The van der Waals surface area contributed by atoms with Crippen molar-refractivity contribution in [3.63, 3.8) is 0 Å². The van der Waals surface area contributed by atoms with Crippen molar-refractivity contribution in [1.29, 1.82) is 0 Å². The zero-order valence-electron chi connectivity index (χ0n) is 10.9. The van der Waals surface area contributed by atoms with Crippen molar-refractivity contribution in [3.05, 3.63) is 29.8 Å². The van der Waals surface area contributed by atoms with E-state index in [1.807, 2.05) is 6.92 Å². The number of hydrogen-bond acceptors (Lipinski definition) is 2. The van der Waals surface area contributed by atoms with Crippen LogP contribution in [0.2, 0.25) is 0 Å². The number of nitrogens with one attached hydrogen (secondary N) is 1. The average molecular weight is 283 g/mol. The van der Waals surface area contributed by atoms with Gasteiger partial charge in [-0.15, -0.1) is 0 Å². The van der Waals surface area contributed by atoms with E-state index < -0.39 is 35.3 Å². The SMILES string of the molecule is CC1C[C@H](C(=O)Nc2cccc(F)c2F)[C@H](C(=O)O)C1. The summed E-state index contributed by atoms with van der Waals surface area (Å²) < 4.78 is 26.5. The lowest BCUT2D eigenvalue weighted by atomic mass is 9.95. The monoisotopic (exact) mass is 283 g/mol. The Balaban J connectivity index is 2.15. The van der Waals surface area contributed by atoms with Crippen molar-refractivity contribution in [2.75, 3.05) is 5.32 Å². The fourth-order valence-corrected chi connectivity index (χ4v) is 2.68. The molecule has 6 heteroatoms. The summed E-state index contributed by atoms with van der Waals surface area (Å²) in [5, 5.41) is 11.4. The molecule has 0 aliphatic heterocycles. The second-order valence-electron chi connectivity index (χ2n) is 5.22. The Bertz CT molecular complexity index is 547. The summed E-state index contributed by atoms with van der Waals surface area (Å²) in [6, 6.07) is 3.47. The van der Waals surface area contributed by atoms with Crippen LogP contribution < -0.4 is 5.32 Å². The summed E-state index contributed by atoms with van der Waals surface area (Å²) in [5.41, 5.74) is -0.265. The second-order valence-corrected chi connectivity index (χ2v) is 5.22. The van der Waals surface area contributed by atoms with Gasteiger partial charge >= 0.3 is 5.97 Å². The van der Waals surface area contributed by atoms with Gasteiger partial charge < -0.3 is 10.4 Å². The molecule has 20 heavy (non-hydrogen) atoms. The summed E-state index contributed by atoms with van der Waals surface area (Å²) in [4.78, 5) is 23.2. The number of aliphatic carboxylic acids is 1. The van der Waals surface area contributed by atoms with E-state index in [0.717, 1.165) is 6.07 Å². The Hall–Kier alpha value is -1.98. The molecular weight excluding hydrogens is 268 g/mol. The normalized spacial score (nSPS) is 25.4. The first-order valence-corrected chi connectivity index (χ1v) is 6.37. The third-order valence-corrected chi connectivity index (χ3v) is 3.66. The minimum absolute atomic E-state index is 0.115. The van der Waals surface area contributed by atoms with E-state index in [2.05, 4.69) is 5.32 Å². The predicted octanol–water partition coefficient (Wildman–Crippen LogP) is 2.65. The molecule has 4 nitrogen and oxygen atoms in total. The minimum atomic E-state index is -1.14. The number of halogens is 2. The Morgan fingerprint density at radius 3 is 2.55 bits per heavy atom. The van der Waals surface area contributed by atoms with Crippen molar-refractivity contribution in [2.24, 2.45) is 17.8 Å². The van der Waals surface area contributed by atoms with Gasteiger partial charge in [-0.1, -0.05) is 13.0 Å².